The Balaban J connectivity index is 2.57. The molecule has 2 rings (SSSR count). The van der Waals surface area contributed by atoms with E-state index in [4.69, 9.17) is 29.2 Å². The van der Waals surface area contributed by atoms with Crippen LogP contribution in [0.4, 0.5) is 0 Å². The van der Waals surface area contributed by atoms with Gasteiger partial charge in [0.2, 0.25) is 5.90 Å². The maximum absolute atomic E-state index is 15.3. The summed E-state index contributed by atoms with van der Waals surface area (Å²) >= 11 is 0. The van der Waals surface area contributed by atoms with E-state index >= 15 is 4.57 Å². The summed E-state index contributed by atoms with van der Waals surface area (Å²) < 4.78 is 47.8. The number of ether oxygens (including phenoxy) is 4. The molecule has 0 radical (unpaired) electrons. The van der Waals surface area contributed by atoms with Crippen LogP contribution in [0.1, 0.15) is 78.9 Å². The molecule has 0 aliphatic carbocycles. The minimum atomic E-state index is -4.31. The number of aromatic nitrogens is 2. The normalized spacial score (nSPS) is 23.0. The van der Waals surface area contributed by atoms with Crippen molar-refractivity contribution in [3.63, 3.8) is 0 Å². The molecule has 0 amide bonds. The van der Waals surface area contributed by atoms with Gasteiger partial charge < -0.3 is 44.0 Å². The number of carbonyl (C=O) groups excluding carboxylic acids is 2. The van der Waals surface area contributed by atoms with Crippen molar-refractivity contribution in [2.24, 2.45) is 22.6 Å². The molecular formula is C32H57N6O10P. The van der Waals surface area contributed by atoms with Gasteiger partial charge in [-0.2, -0.15) is 4.99 Å². The number of carbonyl (C=O) groups is 2. The summed E-state index contributed by atoms with van der Waals surface area (Å²) in [7, 11) is 0.0413. The van der Waals surface area contributed by atoms with Crippen molar-refractivity contribution in [1.29, 1.82) is 0 Å². The van der Waals surface area contributed by atoms with E-state index in [1.54, 1.807) is 20.8 Å². The van der Waals surface area contributed by atoms with Crippen LogP contribution in [-0.4, -0.2) is 118 Å². The Labute approximate surface area is 290 Å². The average molecular weight is 717 g/mol. The number of hydrogen-bond acceptors (Lipinski definition) is 13. The van der Waals surface area contributed by atoms with Crippen LogP contribution in [0.2, 0.25) is 0 Å². The highest BCUT2D eigenvalue weighted by Gasteiger charge is 2.55. The van der Waals surface area contributed by atoms with Gasteiger partial charge in [-0.05, 0) is 66.5 Å². The molecule has 0 bridgehead atoms. The maximum atomic E-state index is 15.3. The molecule has 0 aromatic carbocycles. The molecule has 1 saturated heterocycles. The third-order valence-corrected chi connectivity index (χ3v) is 10.9. The fraction of sp³-hybridized carbons (Fsp3) is 0.750. The maximum Gasteiger partial charge on any atom is 0.347 e. The predicted octanol–water partition coefficient (Wildman–Crippen LogP) is 2.97. The molecule has 2 unspecified atom stereocenters. The molecule has 1 aliphatic heterocycles. The Kier molecular flexibility index (Phi) is 15.4. The summed E-state index contributed by atoms with van der Waals surface area (Å²) in [5.41, 5.74) is 4.54. The quantitative estimate of drug-likeness (QED) is 0.0867. The van der Waals surface area contributed by atoms with Crippen LogP contribution in [-0.2, 0) is 37.6 Å². The Morgan fingerprint density at radius 2 is 1.61 bits per heavy atom. The Morgan fingerprint density at radius 3 is 2.02 bits per heavy atom. The lowest BCUT2D eigenvalue weighted by molar-refractivity contribution is -0.148. The number of nitrogens with two attached hydrogens (primary N) is 1. The molecule has 1 fully saturated rings. The summed E-state index contributed by atoms with van der Waals surface area (Å²) in [6, 6.07) is -2.01. The van der Waals surface area contributed by atoms with Gasteiger partial charge in [-0.3, -0.25) is 14.2 Å². The van der Waals surface area contributed by atoms with Gasteiger partial charge in [-0.1, -0.05) is 34.3 Å². The Bertz CT molecular complexity index is 1320. The molecule has 16 nitrogen and oxygen atoms in total. The minimum absolute atomic E-state index is 0.000839. The summed E-state index contributed by atoms with van der Waals surface area (Å²) in [6.07, 6.45) is -1.97. The first-order valence-electron chi connectivity index (χ1n) is 16.5. The second-order valence-electron chi connectivity index (χ2n) is 13.1. The lowest BCUT2D eigenvalue weighted by Crippen LogP contribution is -2.48. The van der Waals surface area contributed by atoms with Gasteiger partial charge in [0.1, 0.15) is 41.4 Å². The molecule has 0 spiro atoms. The average Bonchev–Trinajstić information content (AvgIpc) is 3.49. The van der Waals surface area contributed by atoms with Crippen LogP contribution in [0.25, 0.3) is 0 Å². The lowest BCUT2D eigenvalue weighted by Gasteiger charge is -2.41. The summed E-state index contributed by atoms with van der Waals surface area (Å²) in [4.78, 5) is 34.9. The SMILES string of the molecule is C=C(N)N=C(OC)c1ncn([C@@H]2O[C@H](COP(=O)(N(C)[C@@H](CC(C)C)C(=O)OCC)N(C)[C@@H](CC(C)C)C(=O)OCC)C(O)C2(C)O)c1C. The number of imidazole rings is 1. The van der Waals surface area contributed by atoms with Crippen molar-refractivity contribution in [2.75, 3.05) is 41.0 Å². The Morgan fingerprint density at radius 1 is 1.12 bits per heavy atom. The summed E-state index contributed by atoms with van der Waals surface area (Å²) in [5, 5.41) is 22.9. The number of aliphatic hydroxyl groups excluding tert-OH is 1. The number of methoxy groups -OCH3 is 1. The van der Waals surface area contributed by atoms with E-state index in [9.17, 15) is 19.8 Å². The molecule has 1 aromatic rings. The number of nitrogens with zero attached hydrogens (tertiary/aromatic N) is 5. The van der Waals surface area contributed by atoms with Gasteiger partial charge in [0.15, 0.2) is 6.23 Å². The second-order valence-corrected chi connectivity index (χ2v) is 15.6. The first kappa shape index (κ1) is 42.3. The van der Waals surface area contributed by atoms with Crippen LogP contribution < -0.4 is 5.73 Å². The highest BCUT2D eigenvalue weighted by Crippen LogP contribution is 2.56. The van der Waals surface area contributed by atoms with Gasteiger partial charge in [0.25, 0.3) is 0 Å². The summed E-state index contributed by atoms with van der Waals surface area (Å²) in [5.74, 6) is -1.12. The highest BCUT2D eigenvalue weighted by atomic mass is 31.2. The van der Waals surface area contributed by atoms with Gasteiger partial charge in [-0.15, -0.1) is 0 Å². The van der Waals surface area contributed by atoms with E-state index in [0.717, 1.165) is 0 Å². The molecule has 0 saturated carbocycles. The number of hydrogen-bond donors (Lipinski definition) is 3. The van der Waals surface area contributed by atoms with Crippen molar-refractivity contribution < 1.29 is 47.8 Å². The second kappa shape index (κ2) is 17.9. The van der Waals surface area contributed by atoms with Gasteiger partial charge >= 0.3 is 19.6 Å². The number of aliphatic imine (C=N–C) groups is 1. The van der Waals surface area contributed by atoms with Crippen molar-refractivity contribution in [1.82, 2.24) is 18.9 Å². The molecule has 4 N–H and O–H groups in total. The number of aliphatic hydroxyl groups is 2. The number of rotatable bonds is 18. The van der Waals surface area contributed by atoms with Crippen molar-refractivity contribution >= 4 is 25.5 Å². The molecule has 49 heavy (non-hydrogen) atoms. The fourth-order valence-corrected chi connectivity index (χ4v) is 7.90. The van der Waals surface area contributed by atoms with E-state index in [0.29, 0.717) is 11.4 Å². The molecule has 6 atom stereocenters. The fourth-order valence-electron chi connectivity index (χ4n) is 5.67. The zero-order chi connectivity index (χ0) is 37.4. The topological polar surface area (TPSA) is 200 Å². The first-order chi connectivity index (χ1) is 22.8. The molecule has 17 heteroatoms. The molecular weight excluding hydrogens is 659 g/mol. The monoisotopic (exact) mass is 716 g/mol. The van der Waals surface area contributed by atoms with Crippen LogP contribution in [0.5, 0.6) is 0 Å². The van der Waals surface area contributed by atoms with E-state index in [1.165, 1.54) is 48.4 Å². The third kappa shape index (κ3) is 9.90. The molecule has 1 aromatic heterocycles. The molecule has 280 valence electrons. The van der Waals surface area contributed by atoms with Crippen LogP contribution in [0.15, 0.2) is 23.7 Å². The van der Waals surface area contributed by atoms with Crippen LogP contribution in [0.3, 0.4) is 0 Å². The van der Waals surface area contributed by atoms with E-state index in [2.05, 4.69) is 16.6 Å². The smallest absolute Gasteiger partial charge is 0.347 e. The van der Waals surface area contributed by atoms with E-state index in [1.807, 2.05) is 27.7 Å². The molecule has 1 aliphatic rings. The first-order valence-corrected chi connectivity index (χ1v) is 18.0. The van der Waals surface area contributed by atoms with Crippen molar-refractivity contribution in [2.45, 2.75) is 104 Å². The van der Waals surface area contributed by atoms with Gasteiger partial charge in [0, 0.05) is 5.69 Å². The van der Waals surface area contributed by atoms with E-state index < -0.39 is 62.3 Å². The van der Waals surface area contributed by atoms with Crippen LogP contribution >= 0.6 is 7.67 Å². The predicted molar refractivity (Wildman–Crippen MR) is 183 cm³/mol. The minimum Gasteiger partial charge on any atom is -0.479 e. The number of likely N-dealkylation sites (N-methyl/N-ethyl adjacent to an activating group) is 2. The van der Waals surface area contributed by atoms with Crippen LogP contribution in [0, 0.1) is 18.8 Å². The third-order valence-electron chi connectivity index (χ3n) is 8.30. The zero-order valence-electron chi connectivity index (χ0n) is 30.8. The summed E-state index contributed by atoms with van der Waals surface area (Å²) in [6.45, 7) is 17.4. The van der Waals surface area contributed by atoms with Crippen molar-refractivity contribution in [3.05, 3.63) is 30.1 Å². The lowest BCUT2D eigenvalue weighted by atomic mass is 9.96. The largest absolute Gasteiger partial charge is 0.479 e. The molecule has 2 heterocycles. The Hall–Kier alpha value is -2.85. The number of esters is 2. The standard InChI is InChI=1S/C32H57N6O10P/c1-13-45-29(40)23(15-19(3)4)36(10)49(43,37(11)24(16-20(5)6)30(41)46-14-2)47-17-25-27(39)32(9,42)31(48-25)38-18-34-26(21(38)7)28(44-12)35-22(8)33/h18-20,23-25,27,31,39,42H,8,13-17,33H2,1-7,9-12H3/t23-,24-,25+,27?,31+,32?/m0/s1. The van der Waals surface area contributed by atoms with Gasteiger partial charge in [-0.25, -0.2) is 14.3 Å². The van der Waals surface area contributed by atoms with E-state index in [-0.39, 0.29) is 49.6 Å². The zero-order valence-corrected chi connectivity index (χ0v) is 31.7. The van der Waals surface area contributed by atoms with Crippen molar-refractivity contribution in [3.8, 4) is 0 Å². The highest BCUT2D eigenvalue weighted by molar-refractivity contribution is 7.54. The van der Waals surface area contributed by atoms with Gasteiger partial charge in [0.05, 0.1) is 33.3 Å².